The SMILES string of the molecule is C[C@@H](C(=O)N(C)Cc1ccccc1N1CCCC1)N1C(=O)[C@H]2CC=CC[C@H]2C1=O. The molecule has 2 aliphatic heterocycles. The molecule has 29 heavy (non-hydrogen) atoms. The summed E-state index contributed by atoms with van der Waals surface area (Å²) in [6.45, 7) is 4.21. The first kappa shape index (κ1) is 19.7. The Balaban J connectivity index is 1.47. The predicted octanol–water partition coefficient (Wildman–Crippen LogP) is 2.58. The van der Waals surface area contributed by atoms with Crippen LogP contribution in [0.25, 0.3) is 0 Å². The molecule has 0 bridgehead atoms. The van der Waals surface area contributed by atoms with Gasteiger partial charge in [-0.25, -0.2) is 0 Å². The fraction of sp³-hybridized carbons (Fsp3) is 0.522. The first-order valence-corrected chi connectivity index (χ1v) is 10.6. The molecule has 2 fully saturated rings. The zero-order chi connectivity index (χ0) is 20.5. The zero-order valence-electron chi connectivity index (χ0n) is 17.2. The summed E-state index contributed by atoms with van der Waals surface area (Å²) in [6.07, 6.45) is 7.48. The summed E-state index contributed by atoms with van der Waals surface area (Å²) in [7, 11) is 1.75. The minimum absolute atomic E-state index is 0.198. The van der Waals surface area contributed by atoms with Crippen molar-refractivity contribution >= 4 is 23.4 Å². The highest BCUT2D eigenvalue weighted by molar-refractivity contribution is 6.08. The molecule has 0 radical (unpaired) electrons. The second kappa shape index (κ2) is 8.01. The number of carbonyl (C=O) groups excluding carboxylic acids is 3. The smallest absolute Gasteiger partial charge is 0.245 e. The molecule has 1 aromatic carbocycles. The van der Waals surface area contributed by atoms with E-state index in [0.29, 0.717) is 19.4 Å². The largest absolute Gasteiger partial charge is 0.371 e. The molecule has 6 heteroatoms. The summed E-state index contributed by atoms with van der Waals surface area (Å²) in [5, 5.41) is 0. The van der Waals surface area contributed by atoms with Crippen LogP contribution in [0.2, 0.25) is 0 Å². The van der Waals surface area contributed by atoms with Gasteiger partial charge in [0.1, 0.15) is 6.04 Å². The third kappa shape index (κ3) is 3.56. The van der Waals surface area contributed by atoms with Crippen LogP contribution in [0.3, 0.4) is 0 Å². The molecule has 3 aliphatic rings. The molecular formula is C23H29N3O3. The average molecular weight is 396 g/mol. The van der Waals surface area contributed by atoms with E-state index in [4.69, 9.17) is 0 Å². The third-order valence-electron chi connectivity index (χ3n) is 6.51. The van der Waals surface area contributed by atoms with Crippen molar-refractivity contribution in [2.45, 2.75) is 45.2 Å². The van der Waals surface area contributed by atoms with E-state index in [0.717, 1.165) is 18.7 Å². The van der Waals surface area contributed by atoms with E-state index < -0.39 is 6.04 Å². The number of fused-ring (bicyclic) bond motifs is 1. The number of imide groups is 1. The normalized spacial score (nSPS) is 24.8. The van der Waals surface area contributed by atoms with Crippen LogP contribution in [0.4, 0.5) is 5.69 Å². The van der Waals surface area contributed by atoms with Gasteiger partial charge in [-0.2, -0.15) is 0 Å². The lowest BCUT2D eigenvalue weighted by Crippen LogP contribution is -2.48. The third-order valence-corrected chi connectivity index (χ3v) is 6.51. The molecule has 4 rings (SSSR count). The topological polar surface area (TPSA) is 60.9 Å². The van der Waals surface area contributed by atoms with Crippen molar-refractivity contribution < 1.29 is 14.4 Å². The van der Waals surface area contributed by atoms with Crippen molar-refractivity contribution in [3.05, 3.63) is 42.0 Å². The molecule has 0 saturated carbocycles. The van der Waals surface area contributed by atoms with Crippen molar-refractivity contribution in [1.29, 1.82) is 0 Å². The fourth-order valence-corrected chi connectivity index (χ4v) is 4.88. The second-order valence-electron chi connectivity index (χ2n) is 8.40. The van der Waals surface area contributed by atoms with Crippen LogP contribution in [0.5, 0.6) is 0 Å². The Morgan fingerprint density at radius 3 is 2.28 bits per heavy atom. The van der Waals surface area contributed by atoms with Crippen molar-refractivity contribution in [2.75, 3.05) is 25.0 Å². The van der Waals surface area contributed by atoms with Crippen LogP contribution >= 0.6 is 0 Å². The number of carbonyl (C=O) groups is 3. The summed E-state index contributed by atoms with van der Waals surface area (Å²) in [4.78, 5) is 43.9. The van der Waals surface area contributed by atoms with Gasteiger partial charge in [0.05, 0.1) is 11.8 Å². The highest BCUT2D eigenvalue weighted by Gasteiger charge is 2.50. The van der Waals surface area contributed by atoms with Crippen molar-refractivity contribution in [3.63, 3.8) is 0 Å². The summed E-state index contributed by atoms with van der Waals surface area (Å²) in [6, 6.07) is 7.40. The summed E-state index contributed by atoms with van der Waals surface area (Å²) in [5.41, 5.74) is 2.26. The minimum Gasteiger partial charge on any atom is -0.371 e. The van der Waals surface area contributed by atoms with E-state index >= 15 is 0 Å². The summed E-state index contributed by atoms with van der Waals surface area (Å²) in [5.74, 6) is -1.20. The lowest BCUT2D eigenvalue weighted by Gasteiger charge is -2.29. The quantitative estimate of drug-likeness (QED) is 0.568. The maximum Gasteiger partial charge on any atom is 0.245 e. The van der Waals surface area contributed by atoms with Crippen LogP contribution in [0.15, 0.2) is 36.4 Å². The Hall–Kier alpha value is -2.63. The highest BCUT2D eigenvalue weighted by Crippen LogP contribution is 2.36. The molecule has 6 nitrogen and oxygen atoms in total. The number of likely N-dealkylation sites (N-methyl/N-ethyl adjacent to an activating group) is 1. The van der Waals surface area contributed by atoms with Gasteiger partial charge in [-0.05, 0) is 44.2 Å². The molecule has 1 aliphatic carbocycles. The predicted molar refractivity (Wildman–Crippen MR) is 111 cm³/mol. The Morgan fingerprint density at radius 1 is 1.07 bits per heavy atom. The van der Waals surface area contributed by atoms with Gasteiger partial charge in [-0.3, -0.25) is 19.3 Å². The van der Waals surface area contributed by atoms with Crippen LogP contribution in [-0.4, -0.2) is 53.7 Å². The van der Waals surface area contributed by atoms with E-state index in [1.807, 2.05) is 24.3 Å². The van der Waals surface area contributed by atoms with Gasteiger partial charge in [-0.1, -0.05) is 30.4 Å². The lowest BCUT2D eigenvalue weighted by molar-refractivity contribution is -0.150. The highest BCUT2D eigenvalue weighted by atomic mass is 16.2. The Labute approximate surface area is 172 Å². The molecule has 0 unspecified atom stereocenters. The molecule has 2 saturated heterocycles. The van der Waals surface area contributed by atoms with Gasteiger partial charge in [0, 0.05) is 32.4 Å². The average Bonchev–Trinajstić information content (AvgIpc) is 3.35. The summed E-state index contributed by atoms with van der Waals surface area (Å²) >= 11 is 0. The number of allylic oxidation sites excluding steroid dienone is 2. The number of nitrogens with zero attached hydrogens (tertiary/aromatic N) is 3. The maximum absolute atomic E-state index is 13.1. The number of rotatable bonds is 5. The van der Waals surface area contributed by atoms with E-state index in [1.165, 1.54) is 23.4 Å². The minimum atomic E-state index is -0.774. The first-order chi connectivity index (χ1) is 14.0. The Morgan fingerprint density at radius 2 is 1.66 bits per heavy atom. The molecule has 3 atom stereocenters. The Bertz CT molecular complexity index is 818. The number of amides is 3. The van der Waals surface area contributed by atoms with Gasteiger partial charge in [0.25, 0.3) is 0 Å². The fourth-order valence-electron chi connectivity index (χ4n) is 4.88. The standard InChI is InChI=1S/C23H29N3O3/c1-16(26-22(28)18-10-4-5-11-19(18)23(26)29)21(27)24(2)15-17-9-3-6-12-20(17)25-13-7-8-14-25/h3-6,9,12,16,18-19H,7-8,10-11,13-15H2,1-2H3/t16-,18-,19+/m0/s1. The zero-order valence-corrected chi connectivity index (χ0v) is 17.2. The van der Waals surface area contributed by atoms with Crippen molar-refractivity contribution in [2.24, 2.45) is 11.8 Å². The number of anilines is 1. The Kier molecular flexibility index (Phi) is 5.43. The van der Waals surface area contributed by atoms with Gasteiger partial charge in [-0.15, -0.1) is 0 Å². The molecule has 0 aromatic heterocycles. The van der Waals surface area contributed by atoms with E-state index in [-0.39, 0.29) is 29.6 Å². The van der Waals surface area contributed by atoms with Crippen LogP contribution in [-0.2, 0) is 20.9 Å². The van der Waals surface area contributed by atoms with E-state index in [2.05, 4.69) is 17.0 Å². The number of hydrogen-bond acceptors (Lipinski definition) is 4. The number of hydrogen-bond donors (Lipinski definition) is 0. The van der Waals surface area contributed by atoms with Gasteiger partial charge in [0.2, 0.25) is 17.7 Å². The van der Waals surface area contributed by atoms with Crippen molar-refractivity contribution in [1.82, 2.24) is 9.80 Å². The number of para-hydroxylation sites is 1. The molecule has 1 aromatic rings. The van der Waals surface area contributed by atoms with E-state index in [9.17, 15) is 14.4 Å². The molecule has 154 valence electrons. The van der Waals surface area contributed by atoms with Crippen LogP contribution in [0, 0.1) is 11.8 Å². The van der Waals surface area contributed by atoms with Gasteiger partial charge >= 0.3 is 0 Å². The second-order valence-corrected chi connectivity index (χ2v) is 8.40. The van der Waals surface area contributed by atoms with Gasteiger partial charge < -0.3 is 9.80 Å². The lowest BCUT2D eigenvalue weighted by atomic mass is 9.85. The first-order valence-electron chi connectivity index (χ1n) is 10.6. The number of likely N-dealkylation sites (tertiary alicyclic amines) is 1. The molecular weight excluding hydrogens is 366 g/mol. The van der Waals surface area contributed by atoms with Crippen LogP contribution in [0.1, 0.15) is 38.2 Å². The van der Waals surface area contributed by atoms with Crippen LogP contribution < -0.4 is 4.90 Å². The van der Waals surface area contributed by atoms with Gasteiger partial charge in [0.15, 0.2) is 0 Å². The molecule has 3 amide bonds. The number of benzene rings is 1. The summed E-state index contributed by atoms with van der Waals surface area (Å²) < 4.78 is 0. The monoisotopic (exact) mass is 395 g/mol. The molecule has 2 heterocycles. The van der Waals surface area contributed by atoms with E-state index in [1.54, 1.807) is 18.9 Å². The maximum atomic E-state index is 13.1. The molecule has 0 N–H and O–H groups in total. The molecule has 0 spiro atoms. The van der Waals surface area contributed by atoms with Crippen molar-refractivity contribution in [3.8, 4) is 0 Å².